The molecule has 0 aromatic rings. The topological polar surface area (TPSA) is 3.24 Å². The van der Waals surface area contributed by atoms with Gasteiger partial charge in [-0.05, 0) is 46.7 Å². The largest absolute Gasteiger partial charge is 0.309 e. The van der Waals surface area contributed by atoms with Crippen LogP contribution in [0.25, 0.3) is 0 Å². The Morgan fingerprint density at radius 2 is 1.69 bits per heavy atom. The quantitative estimate of drug-likeness (QED) is 0.591. The third-order valence-corrected chi connectivity index (χ3v) is 2.59. The van der Waals surface area contributed by atoms with Crippen LogP contribution < -0.4 is 0 Å². The van der Waals surface area contributed by atoms with Crippen molar-refractivity contribution in [3.05, 3.63) is 11.1 Å². The molecule has 0 N–H and O–H groups in total. The highest BCUT2D eigenvalue weighted by atomic mass is 15.1. The molecule has 1 unspecified atom stereocenters. The second-order valence-corrected chi connectivity index (χ2v) is 4.49. The minimum absolute atomic E-state index is 0.775. The maximum atomic E-state index is 2.33. The van der Waals surface area contributed by atoms with Crippen molar-refractivity contribution in [1.82, 2.24) is 4.90 Å². The third kappa shape index (κ3) is 5.87. The van der Waals surface area contributed by atoms with Gasteiger partial charge in [0.25, 0.3) is 0 Å². The van der Waals surface area contributed by atoms with E-state index in [0.29, 0.717) is 0 Å². The van der Waals surface area contributed by atoms with Gasteiger partial charge < -0.3 is 4.90 Å². The highest BCUT2D eigenvalue weighted by Crippen LogP contribution is 2.16. The minimum Gasteiger partial charge on any atom is -0.309 e. The predicted molar refractivity (Wildman–Crippen MR) is 61.0 cm³/mol. The van der Waals surface area contributed by atoms with Gasteiger partial charge in [0.15, 0.2) is 0 Å². The summed E-state index contributed by atoms with van der Waals surface area (Å²) >= 11 is 0. The molecule has 13 heavy (non-hydrogen) atoms. The zero-order valence-electron chi connectivity index (χ0n) is 10.1. The van der Waals surface area contributed by atoms with Crippen LogP contribution in [0.1, 0.15) is 40.5 Å². The molecular formula is C12H25N. The van der Waals surface area contributed by atoms with Gasteiger partial charge in [0.1, 0.15) is 0 Å². The summed E-state index contributed by atoms with van der Waals surface area (Å²) in [7, 11) is 4.28. The van der Waals surface area contributed by atoms with E-state index >= 15 is 0 Å². The lowest BCUT2D eigenvalue weighted by Crippen LogP contribution is -2.19. The van der Waals surface area contributed by atoms with E-state index in [1.807, 2.05) is 0 Å². The van der Waals surface area contributed by atoms with E-state index in [0.717, 1.165) is 5.92 Å². The molecule has 78 valence electrons. The van der Waals surface area contributed by atoms with Gasteiger partial charge in [-0.15, -0.1) is 0 Å². The van der Waals surface area contributed by atoms with Gasteiger partial charge in [-0.1, -0.05) is 25.0 Å². The number of hydrogen-bond acceptors (Lipinski definition) is 1. The van der Waals surface area contributed by atoms with Crippen LogP contribution in [0.15, 0.2) is 11.1 Å². The Kier molecular flexibility index (Phi) is 6.06. The van der Waals surface area contributed by atoms with E-state index in [1.54, 1.807) is 11.1 Å². The zero-order chi connectivity index (χ0) is 10.4. The first kappa shape index (κ1) is 12.7. The van der Waals surface area contributed by atoms with E-state index in [4.69, 9.17) is 0 Å². The van der Waals surface area contributed by atoms with Crippen molar-refractivity contribution < 1.29 is 0 Å². The lowest BCUT2D eigenvalue weighted by atomic mass is 9.97. The van der Waals surface area contributed by atoms with E-state index in [1.165, 1.54) is 19.4 Å². The van der Waals surface area contributed by atoms with Crippen molar-refractivity contribution >= 4 is 0 Å². The molecule has 0 aliphatic rings. The Morgan fingerprint density at radius 1 is 1.15 bits per heavy atom. The molecule has 1 heteroatoms. The van der Waals surface area contributed by atoms with Gasteiger partial charge in [-0.2, -0.15) is 0 Å². The lowest BCUT2D eigenvalue weighted by molar-refractivity contribution is 0.337. The van der Waals surface area contributed by atoms with Gasteiger partial charge in [-0.3, -0.25) is 0 Å². The Bertz CT molecular complexity index is 168. The zero-order valence-corrected chi connectivity index (χ0v) is 10.1. The molecule has 0 bridgehead atoms. The molecule has 0 aliphatic heterocycles. The van der Waals surface area contributed by atoms with Crippen LogP contribution in [0.3, 0.4) is 0 Å². The molecule has 1 nitrogen and oxygen atoms in total. The van der Waals surface area contributed by atoms with Gasteiger partial charge in [0, 0.05) is 6.54 Å². The molecule has 0 aliphatic carbocycles. The molecule has 0 amide bonds. The second kappa shape index (κ2) is 6.20. The second-order valence-electron chi connectivity index (χ2n) is 4.49. The Labute approximate surface area is 83.8 Å². The van der Waals surface area contributed by atoms with Crippen LogP contribution in [0.2, 0.25) is 0 Å². The van der Waals surface area contributed by atoms with Crippen LogP contribution in [0.5, 0.6) is 0 Å². The van der Waals surface area contributed by atoms with Crippen molar-refractivity contribution in [3.63, 3.8) is 0 Å². The molecule has 0 aromatic carbocycles. The van der Waals surface area contributed by atoms with Gasteiger partial charge in [0.2, 0.25) is 0 Å². The predicted octanol–water partition coefficient (Wildman–Crippen LogP) is 3.32. The number of nitrogens with zero attached hydrogens (tertiary/aromatic N) is 1. The summed E-state index contributed by atoms with van der Waals surface area (Å²) in [4.78, 5) is 2.26. The fourth-order valence-electron chi connectivity index (χ4n) is 1.69. The van der Waals surface area contributed by atoms with Crippen molar-refractivity contribution in [2.24, 2.45) is 5.92 Å². The van der Waals surface area contributed by atoms with E-state index < -0.39 is 0 Å². The first-order valence-corrected chi connectivity index (χ1v) is 5.27. The molecule has 0 saturated heterocycles. The smallest absolute Gasteiger partial charge is 0.000398 e. The average Bonchev–Trinajstić information content (AvgIpc) is 2.01. The molecule has 0 saturated carbocycles. The first-order valence-electron chi connectivity index (χ1n) is 5.27. The maximum absolute atomic E-state index is 2.33. The van der Waals surface area contributed by atoms with Crippen molar-refractivity contribution in [1.29, 1.82) is 0 Å². The molecule has 0 radical (unpaired) electrons. The molecular weight excluding hydrogens is 158 g/mol. The van der Waals surface area contributed by atoms with Crippen LogP contribution >= 0.6 is 0 Å². The fraction of sp³-hybridized carbons (Fsp3) is 0.833. The van der Waals surface area contributed by atoms with Crippen LogP contribution in [-0.2, 0) is 0 Å². The van der Waals surface area contributed by atoms with Crippen LogP contribution in [-0.4, -0.2) is 25.5 Å². The standard InChI is InChI=1S/C12H25N/c1-7-11(3)12(4)8-10(2)9-13(5)6/h10H,7-9H2,1-6H3. The van der Waals surface area contributed by atoms with Crippen LogP contribution in [0, 0.1) is 5.92 Å². The van der Waals surface area contributed by atoms with E-state index in [2.05, 4.69) is 46.7 Å². The summed E-state index contributed by atoms with van der Waals surface area (Å²) in [6.45, 7) is 10.3. The summed E-state index contributed by atoms with van der Waals surface area (Å²) < 4.78 is 0. The van der Waals surface area contributed by atoms with Gasteiger partial charge in [-0.25, -0.2) is 0 Å². The summed E-state index contributed by atoms with van der Waals surface area (Å²) in [6.07, 6.45) is 2.44. The van der Waals surface area contributed by atoms with E-state index in [-0.39, 0.29) is 0 Å². The molecule has 0 spiro atoms. The van der Waals surface area contributed by atoms with Crippen molar-refractivity contribution in [2.45, 2.75) is 40.5 Å². The normalized spacial score (nSPS) is 15.9. The first-order chi connectivity index (χ1) is 5.97. The number of hydrogen-bond donors (Lipinski definition) is 0. The monoisotopic (exact) mass is 183 g/mol. The fourth-order valence-corrected chi connectivity index (χ4v) is 1.69. The summed E-state index contributed by atoms with van der Waals surface area (Å²) in [5, 5.41) is 0. The Balaban J connectivity index is 3.98. The molecule has 1 atom stereocenters. The maximum Gasteiger partial charge on any atom is 0.000398 e. The lowest BCUT2D eigenvalue weighted by Gasteiger charge is -2.18. The Morgan fingerprint density at radius 3 is 2.08 bits per heavy atom. The third-order valence-electron chi connectivity index (χ3n) is 2.59. The summed E-state index contributed by atoms with van der Waals surface area (Å²) in [6, 6.07) is 0. The Hall–Kier alpha value is -0.300. The highest BCUT2D eigenvalue weighted by molar-refractivity contribution is 5.09. The molecule has 0 heterocycles. The summed E-state index contributed by atoms with van der Waals surface area (Å²) in [5.41, 5.74) is 3.14. The van der Waals surface area contributed by atoms with Crippen LogP contribution in [0.4, 0.5) is 0 Å². The number of allylic oxidation sites excluding steroid dienone is 2. The van der Waals surface area contributed by atoms with Gasteiger partial charge in [0.05, 0.1) is 0 Å². The molecule has 0 rings (SSSR count). The van der Waals surface area contributed by atoms with Crippen molar-refractivity contribution in [3.8, 4) is 0 Å². The SMILES string of the molecule is CCC(C)=C(C)CC(C)CN(C)C. The molecule has 0 aromatic heterocycles. The van der Waals surface area contributed by atoms with Crippen molar-refractivity contribution in [2.75, 3.05) is 20.6 Å². The van der Waals surface area contributed by atoms with Gasteiger partial charge >= 0.3 is 0 Å². The average molecular weight is 183 g/mol. The summed E-state index contributed by atoms with van der Waals surface area (Å²) in [5.74, 6) is 0.775. The van der Waals surface area contributed by atoms with E-state index in [9.17, 15) is 0 Å². The number of rotatable bonds is 5. The minimum atomic E-state index is 0.775. The molecule has 0 fully saturated rings. The highest BCUT2D eigenvalue weighted by Gasteiger charge is 2.05.